The first-order valence-electron chi connectivity index (χ1n) is 7.75. The second-order valence-electron chi connectivity index (χ2n) is 6.03. The monoisotopic (exact) mass is 317 g/mol. The number of nitrogens with one attached hydrogen (secondary N) is 1. The quantitative estimate of drug-likeness (QED) is 0.909. The number of benzene rings is 1. The van der Waals surface area contributed by atoms with E-state index in [1.807, 2.05) is 12.1 Å². The van der Waals surface area contributed by atoms with E-state index in [4.69, 9.17) is 0 Å². The van der Waals surface area contributed by atoms with Gasteiger partial charge in [-0.15, -0.1) is 0 Å². The zero-order valence-electron chi connectivity index (χ0n) is 13.8. The molecule has 1 atom stereocenters. The Bertz CT molecular complexity index is 596. The second-order valence-corrected chi connectivity index (χ2v) is 6.03. The van der Waals surface area contributed by atoms with Crippen molar-refractivity contribution in [1.29, 1.82) is 0 Å². The van der Waals surface area contributed by atoms with Gasteiger partial charge in [0, 0.05) is 33.3 Å². The normalized spacial score (nSPS) is 17.0. The number of carbonyl (C=O) groups is 3. The van der Waals surface area contributed by atoms with Gasteiger partial charge in [0.25, 0.3) is 0 Å². The van der Waals surface area contributed by atoms with Crippen LogP contribution >= 0.6 is 0 Å². The fourth-order valence-electron chi connectivity index (χ4n) is 2.81. The standard InChI is InChI=1S/C17H23N3O3/c1-12(21)18-14-8-6-13(7-9-14)11-16(22)20-10-4-5-15(20)17(23)19(2)3/h6-9,15H,4-5,10-11H2,1-3H3,(H,18,21). The van der Waals surface area contributed by atoms with Crippen LogP contribution in [0.5, 0.6) is 0 Å². The summed E-state index contributed by atoms with van der Waals surface area (Å²) < 4.78 is 0. The van der Waals surface area contributed by atoms with Crippen molar-refractivity contribution in [3.05, 3.63) is 29.8 Å². The Morgan fingerprint density at radius 2 is 1.87 bits per heavy atom. The van der Waals surface area contributed by atoms with Crippen molar-refractivity contribution in [1.82, 2.24) is 9.80 Å². The van der Waals surface area contributed by atoms with E-state index in [2.05, 4.69) is 5.32 Å². The lowest BCUT2D eigenvalue weighted by atomic mass is 10.1. The first-order valence-corrected chi connectivity index (χ1v) is 7.75. The van der Waals surface area contributed by atoms with E-state index in [1.54, 1.807) is 36.0 Å². The van der Waals surface area contributed by atoms with Crippen LogP contribution < -0.4 is 5.32 Å². The van der Waals surface area contributed by atoms with Crippen molar-refractivity contribution >= 4 is 23.4 Å². The highest BCUT2D eigenvalue weighted by Crippen LogP contribution is 2.20. The van der Waals surface area contributed by atoms with Crippen LogP contribution in [0.3, 0.4) is 0 Å². The van der Waals surface area contributed by atoms with Crippen LogP contribution in [0.4, 0.5) is 5.69 Å². The third-order valence-electron chi connectivity index (χ3n) is 3.93. The van der Waals surface area contributed by atoms with Gasteiger partial charge in [-0.05, 0) is 30.5 Å². The lowest BCUT2D eigenvalue weighted by Gasteiger charge is -2.26. The summed E-state index contributed by atoms with van der Waals surface area (Å²) in [4.78, 5) is 38.9. The molecule has 0 saturated carbocycles. The van der Waals surface area contributed by atoms with Gasteiger partial charge in [0.2, 0.25) is 17.7 Å². The molecule has 6 nitrogen and oxygen atoms in total. The van der Waals surface area contributed by atoms with Crippen LogP contribution in [0.2, 0.25) is 0 Å². The van der Waals surface area contributed by atoms with Crippen LogP contribution in [-0.2, 0) is 20.8 Å². The highest BCUT2D eigenvalue weighted by Gasteiger charge is 2.34. The predicted octanol–water partition coefficient (Wildman–Crippen LogP) is 1.27. The lowest BCUT2D eigenvalue weighted by Crippen LogP contribution is -2.45. The van der Waals surface area contributed by atoms with Gasteiger partial charge in [-0.2, -0.15) is 0 Å². The molecule has 1 fully saturated rings. The number of rotatable bonds is 4. The van der Waals surface area contributed by atoms with E-state index >= 15 is 0 Å². The molecule has 0 bridgehead atoms. The Morgan fingerprint density at radius 3 is 2.43 bits per heavy atom. The van der Waals surface area contributed by atoms with Gasteiger partial charge in [-0.25, -0.2) is 0 Å². The van der Waals surface area contributed by atoms with E-state index in [-0.39, 0.29) is 30.2 Å². The van der Waals surface area contributed by atoms with Crippen LogP contribution in [0.25, 0.3) is 0 Å². The molecular formula is C17H23N3O3. The summed E-state index contributed by atoms with van der Waals surface area (Å²) in [6.45, 7) is 2.08. The van der Waals surface area contributed by atoms with E-state index in [0.717, 1.165) is 18.4 Å². The summed E-state index contributed by atoms with van der Waals surface area (Å²) in [7, 11) is 3.42. The SMILES string of the molecule is CC(=O)Nc1ccc(CC(=O)N2CCCC2C(=O)N(C)C)cc1. The number of carbonyl (C=O) groups excluding carboxylic acids is 3. The largest absolute Gasteiger partial charge is 0.347 e. The van der Waals surface area contributed by atoms with Crippen molar-refractivity contribution < 1.29 is 14.4 Å². The molecule has 1 heterocycles. The molecule has 1 N–H and O–H groups in total. The van der Waals surface area contributed by atoms with Gasteiger partial charge < -0.3 is 15.1 Å². The molecule has 1 aliphatic rings. The fraction of sp³-hybridized carbons (Fsp3) is 0.471. The van der Waals surface area contributed by atoms with E-state index in [0.29, 0.717) is 12.2 Å². The Kier molecular flexibility index (Phi) is 5.36. The third kappa shape index (κ3) is 4.31. The van der Waals surface area contributed by atoms with E-state index in [1.165, 1.54) is 6.92 Å². The molecule has 3 amide bonds. The Hall–Kier alpha value is -2.37. The molecule has 2 rings (SSSR count). The number of hydrogen-bond acceptors (Lipinski definition) is 3. The van der Waals surface area contributed by atoms with Gasteiger partial charge >= 0.3 is 0 Å². The fourth-order valence-corrected chi connectivity index (χ4v) is 2.81. The molecule has 1 aromatic carbocycles. The minimum atomic E-state index is -0.337. The first kappa shape index (κ1) is 17.0. The molecule has 0 spiro atoms. The average molecular weight is 317 g/mol. The second kappa shape index (κ2) is 7.26. The summed E-state index contributed by atoms with van der Waals surface area (Å²) >= 11 is 0. The van der Waals surface area contributed by atoms with Crippen LogP contribution in [0.15, 0.2) is 24.3 Å². The predicted molar refractivity (Wildman–Crippen MR) is 87.9 cm³/mol. The van der Waals surface area contributed by atoms with Gasteiger partial charge in [-0.1, -0.05) is 12.1 Å². The summed E-state index contributed by atoms with van der Waals surface area (Å²) in [5.74, 6) is -0.178. The molecule has 0 aromatic heterocycles. The zero-order valence-corrected chi connectivity index (χ0v) is 13.8. The summed E-state index contributed by atoms with van der Waals surface area (Å²) in [5, 5.41) is 2.69. The number of amides is 3. The molecule has 6 heteroatoms. The van der Waals surface area contributed by atoms with E-state index in [9.17, 15) is 14.4 Å². The number of anilines is 1. The van der Waals surface area contributed by atoms with E-state index < -0.39 is 0 Å². The smallest absolute Gasteiger partial charge is 0.244 e. The summed E-state index contributed by atoms with van der Waals surface area (Å²) in [6.07, 6.45) is 1.85. The number of likely N-dealkylation sites (tertiary alicyclic amines) is 1. The van der Waals surface area contributed by atoms with Gasteiger partial charge in [-0.3, -0.25) is 14.4 Å². The lowest BCUT2D eigenvalue weighted by molar-refractivity contribution is -0.141. The maximum absolute atomic E-state index is 12.5. The Labute approximate surface area is 136 Å². The number of likely N-dealkylation sites (N-methyl/N-ethyl adjacent to an activating group) is 1. The van der Waals surface area contributed by atoms with Gasteiger partial charge in [0.1, 0.15) is 6.04 Å². The highest BCUT2D eigenvalue weighted by atomic mass is 16.2. The molecule has 1 aliphatic heterocycles. The molecule has 0 aliphatic carbocycles. The highest BCUT2D eigenvalue weighted by molar-refractivity contribution is 5.90. The maximum Gasteiger partial charge on any atom is 0.244 e. The third-order valence-corrected chi connectivity index (χ3v) is 3.93. The van der Waals surface area contributed by atoms with Gasteiger partial charge in [0.05, 0.1) is 6.42 Å². The van der Waals surface area contributed by atoms with Crippen LogP contribution in [-0.4, -0.2) is 54.2 Å². The summed E-state index contributed by atoms with van der Waals surface area (Å²) in [6, 6.07) is 6.85. The molecule has 1 unspecified atom stereocenters. The number of nitrogens with zero attached hydrogens (tertiary/aromatic N) is 2. The Balaban J connectivity index is 2.00. The van der Waals surface area contributed by atoms with Gasteiger partial charge in [0.15, 0.2) is 0 Å². The molecule has 1 aromatic rings. The first-order chi connectivity index (χ1) is 10.9. The Morgan fingerprint density at radius 1 is 1.22 bits per heavy atom. The number of hydrogen-bond donors (Lipinski definition) is 1. The zero-order chi connectivity index (χ0) is 17.0. The average Bonchev–Trinajstić information content (AvgIpc) is 2.97. The van der Waals surface area contributed by atoms with Crippen LogP contribution in [0, 0.1) is 0 Å². The molecule has 124 valence electrons. The topological polar surface area (TPSA) is 69.7 Å². The van der Waals surface area contributed by atoms with Crippen molar-refractivity contribution in [2.24, 2.45) is 0 Å². The minimum Gasteiger partial charge on any atom is -0.347 e. The minimum absolute atomic E-state index is 0.0168. The molecular weight excluding hydrogens is 294 g/mol. The molecule has 23 heavy (non-hydrogen) atoms. The van der Waals surface area contributed by atoms with Crippen molar-refractivity contribution in [3.63, 3.8) is 0 Å². The summed E-state index contributed by atoms with van der Waals surface area (Å²) in [5.41, 5.74) is 1.57. The molecule has 0 radical (unpaired) electrons. The molecule has 1 saturated heterocycles. The van der Waals surface area contributed by atoms with Crippen molar-refractivity contribution in [2.45, 2.75) is 32.2 Å². The van der Waals surface area contributed by atoms with Crippen LogP contribution in [0.1, 0.15) is 25.3 Å². The van der Waals surface area contributed by atoms with Crippen molar-refractivity contribution in [2.75, 3.05) is 26.0 Å². The maximum atomic E-state index is 12.5. The van der Waals surface area contributed by atoms with Crippen molar-refractivity contribution in [3.8, 4) is 0 Å².